The van der Waals surface area contributed by atoms with Gasteiger partial charge in [-0.3, -0.25) is 0 Å². The van der Waals surface area contributed by atoms with Crippen LogP contribution in [-0.4, -0.2) is 53.1 Å². The Morgan fingerprint density at radius 1 is 1.59 bits per heavy atom. The Hall–Kier alpha value is -0.590. The molecule has 1 N–H and O–H groups in total. The number of carbonyl (C=O) groups is 2. The molecule has 5 nitrogen and oxygen atoms in total. The number of thiol groups is 1. The fourth-order valence-electron chi connectivity index (χ4n) is 2.45. The Labute approximate surface area is 107 Å². The van der Waals surface area contributed by atoms with Crippen LogP contribution in [0.4, 0.5) is 4.79 Å². The van der Waals surface area contributed by atoms with Gasteiger partial charge in [0.2, 0.25) is 0 Å². The smallest absolute Gasteiger partial charge is 0.435 e. The number of quaternary nitrogens is 1. The van der Waals surface area contributed by atoms with E-state index >= 15 is 0 Å². The topological polar surface area (TPSA) is 63.6 Å². The summed E-state index contributed by atoms with van der Waals surface area (Å²) in [4.78, 5) is 23.8. The number of ether oxygens (including phenoxy) is 1. The van der Waals surface area contributed by atoms with Crippen LogP contribution in [0.15, 0.2) is 0 Å². The number of carboxylic acid groups (broad SMARTS) is 1. The lowest BCUT2D eigenvalue weighted by Crippen LogP contribution is -2.61. The quantitative estimate of drug-likeness (QED) is 0.596. The summed E-state index contributed by atoms with van der Waals surface area (Å²) in [6.07, 6.45) is -0.666. The van der Waals surface area contributed by atoms with Crippen LogP contribution in [0.2, 0.25) is 0 Å². The van der Waals surface area contributed by atoms with Crippen molar-refractivity contribution in [3.63, 3.8) is 0 Å². The van der Waals surface area contributed by atoms with E-state index in [0.29, 0.717) is 12.2 Å². The van der Waals surface area contributed by atoms with Gasteiger partial charge in [-0.05, 0) is 13.8 Å². The molecule has 1 heterocycles. The predicted molar refractivity (Wildman–Crippen MR) is 66.1 cm³/mol. The highest BCUT2D eigenvalue weighted by molar-refractivity contribution is 7.80. The maximum atomic E-state index is 12.3. The van der Waals surface area contributed by atoms with Crippen LogP contribution in [0.3, 0.4) is 0 Å². The predicted octanol–water partition coefficient (Wildman–Crippen LogP) is 1.38. The molecule has 17 heavy (non-hydrogen) atoms. The lowest BCUT2D eigenvalue weighted by molar-refractivity contribution is -0.795. The van der Waals surface area contributed by atoms with E-state index in [9.17, 15) is 14.7 Å². The van der Waals surface area contributed by atoms with Gasteiger partial charge in [-0.2, -0.15) is 21.9 Å². The van der Waals surface area contributed by atoms with Gasteiger partial charge in [0.1, 0.15) is 18.7 Å². The fourth-order valence-corrected chi connectivity index (χ4v) is 2.60. The second-order valence-corrected chi connectivity index (χ2v) is 5.06. The van der Waals surface area contributed by atoms with Gasteiger partial charge in [0.05, 0.1) is 5.92 Å². The van der Waals surface area contributed by atoms with Crippen molar-refractivity contribution < 1.29 is 23.9 Å². The van der Waals surface area contributed by atoms with E-state index < -0.39 is 10.6 Å². The zero-order chi connectivity index (χ0) is 13.2. The van der Waals surface area contributed by atoms with Crippen LogP contribution in [0.5, 0.6) is 0 Å². The maximum Gasteiger partial charge on any atom is 0.521 e. The van der Waals surface area contributed by atoms with Crippen LogP contribution >= 0.6 is 12.6 Å². The van der Waals surface area contributed by atoms with Gasteiger partial charge in [0.25, 0.3) is 0 Å². The Morgan fingerprint density at radius 2 is 2.18 bits per heavy atom. The van der Waals surface area contributed by atoms with Crippen molar-refractivity contribution in [2.45, 2.75) is 32.4 Å². The molecule has 2 amide bonds. The Morgan fingerprint density at radius 3 is 2.53 bits per heavy atom. The van der Waals surface area contributed by atoms with E-state index in [1.807, 2.05) is 0 Å². The van der Waals surface area contributed by atoms with Gasteiger partial charge in [0.15, 0.2) is 0 Å². The van der Waals surface area contributed by atoms with Crippen molar-refractivity contribution >= 4 is 24.6 Å². The number of rotatable bonds is 3. The van der Waals surface area contributed by atoms with Gasteiger partial charge in [0, 0.05) is 19.3 Å². The number of nitrogens with zero attached hydrogens (tertiary/aromatic N) is 1. The monoisotopic (exact) mass is 262 g/mol. The van der Waals surface area contributed by atoms with Gasteiger partial charge < -0.3 is 9.84 Å². The van der Waals surface area contributed by atoms with Gasteiger partial charge in [-0.1, -0.05) is 0 Å². The number of hydrogen-bond donors (Lipinski definition) is 2. The SMILES string of the molecule is CO[C@@H]1C[C@@H](C)[N@@+](C(=O)O)(C(=O)C(C)CS)C1. The number of methoxy groups -OCH3 is 1. The van der Waals surface area contributed by atoms with E-state index in [0.717, 1.165) is 0 Å². The highest BCUT2D eigenvalue weighted by Crippen LogP contribution is 2.31. The lowest BCUT2D eigenvalue weighted by Gasteiger charge is -2.31. The molecule has 0 spiro atoms. The first-order valence-electron chi connectivity index (χ1n) is 5.69. The van der Waals surface area contributed by atoms with Crippen LogP contribution < -0.4 is 0 Å². The standard InChI is InChI=1S/C11H19NO4S/c1-7(6-17)10(13)12(11(14)15)5-9(16-3)4-8(12)2/h7-9H,4-6H2,1-3H3,(H-,14,15,17)/p+1/t7?,8-,9-,12-/m1/s1. The summed E-state index contributed by atoms with van der Waals surface area (Å²) < 4.78 is 4.67. The van der Waals surface area contributed by atoms with Crippen molar-refractivity contribution in [2.24, 2.45) is 5.92 Å². The summed E-state index contributed by atoms with van der Waals surface area (Å²) in [6, 6.07) is -0.257. The van der Waals surface area contributed by atoms with E-state index in [-0.39, 0.29) is 30.5 Å². The highest BCUT2D eigenvalue weighted by Gasteiger charge is 2.57. The third-order valence-corrected chi connectivity index (χ3v) is 4.16. The Bertz CT molecular complexity index is 323. The van der Waals surface area contributed by atoms with Crippen LogP contribution in [0.25, 0.3) is 0 Å². The molecule has 1 fully saturated rings. The zero-order valence-electron chi connectivity index (χ0n) is 10.4. The summed E-state index contributed by atoms with van der Waals surface area (Å²) in [5, 5.41) is 9.43. The number of hydrogen-bond acceptors (Lipinski definition) is 4. The van der Waals surface area contributed by atoms with Crippen molar-refractivity contribution in [3.05, 3.63) is 0 Å². The third kappa shape index (κ3) is 2.34. The molecule has 1 rings (SSSR count). The number of amides is 2. The van der Waals surface area contributed by atoms with Gasteiger partial charge in [-0.15, -0.1) is 0 Å². The summed E-state index contributed by atoms with van der Waals surface area (Å²) in [6.45, 7) is 3.71. The molecule has 0 saturated carbocycles. The van der Waals surface area contributed by atoms with Gasteiger partial charge >= 0.3 is 12.0 Å². The fraction of sp³-hybridized carbons (Fsp3) is 0.818. The number of carbonyl (C=O) groups excluding carboxylic acids is 1. The number of imide groups is 1. The van der Waals surface area contributed by atoms with E-state index in [2.05, 4.69) is 12.6 Å². The third-order valence-electron chi connectivity index (χ3n) is 3.61. The molecule has 0 aromatic heterocycles. The first kappa shape index (κ1) is 14.5. The molecular formula is C11H20NO4S+. The summed E-state index contributed by atoms with van der Waals surface area (Å²) in [7, 11) is 1.55. The zero-order valence-corrected chi connectivity index (χ0v) is 11.3. The maximum absolute atomic E-state index is 12.3. The van der Waals surface area contributed by atoms with Crippen molar-refractivity contribution in [1.82, 2.24) is 0 Å². The molecule has 1 unspecified atom stereocenters. The van der Waals surface area contributed by atoms with Crippen LogP contribution in [0, 0.1) is 5.92 Å². The first-order chi connectivity index (χ1) is 7.90. The molecule has 0 aliphatic carbocycles. The second-order valence-electron chi connectivity index (χ2n) is 4.70. The van der Waals surface area contributed by atoms with Crippen molar-refractivity contribution in [2.75, 3.05) is 19.4 Å². The van der Waals surface area contributed by atoms with Crippen LogP contribution in [-0.2, 0) is 9.53 Å². The Kier molecular flexibility index (Phi) is 4.57. The van der Waals surface area contributed by atoms with E-state index in [1.54, 1.807) is 21.0 Å². The molecule has 4 atom stereocenters. The minimum atomic E-state index is -1.09. The normalized spacial score (nSPS) is 34.6. The molecule has 0 aromatic rings. The minimum Gasteiger partial charge on any atom is -0.435 e. The Balaban J connectivity index is 3.07. The minimum absolute atomic E-state index is 0.169. The van der Waals surface area contributed by atoms with Crippen molar-refractivity contribution in [1.29, 1.82) is 0 Å². The van der Waals surface area contributed by atoms with Crippen LogP contribution in [0.1, 0.15) is 20.3 Å². The molecule has 1 saturated heterocycles. The molecule has 6 heteroatoms. The molecule has 98 valence electrons. The average Bonchev–Trinajstić information content (AvgIpc) is 2.65. The largest absolute Gasteiger partial charge is 0.521 e. The average molecular weight is 262 g/mol. The molecule has 0 radical (unpaired) electrons. The second kappa shape index (κ2) is 5.37. The molecular weight excluding hydrogens is 242 g/mol. The summed E-state index contributed by atoms with van der Waals surface area (Å²) in [5.74, 6) is -0.289. The first-order valence-corrected chi connectivity index (χ1v) is 6.32. The summed E-state index contributed by atoms with van der Waals surface area (Å²) in [5.41, 5.74) is 0. The van der Waals surface area contributed by atoms with E-state index in [4.69, 9.17) is 4.74 Å². The van der Waals surface area contributed by atoms with Gasteiger partial charge in [-0.25, -0.2) is 4.79 Å². The molecule has 0 bridgehead atoms. The van der Waals surface area contributed by atoms with Crippen molar-refractivity contribution in [3.8, 4) is 0 Å². The van der Waals surface area contributed by atoms with E-state index in [1.165, 1.54) is 0 Å². The molecule has 1 aliphatic rings. The summed E-state index contributed by atoms with van der Waals surface area (Å²) >= 11 is 4.07. The lowest BCUT2D eigenvalue weighted by atomic mass is 10.1. The molecule has 0 aromatic carbocycles. The highest BCUT2D eigenvalue weighted by atomic mass is 32.1. The molecule has 1 aliphatic heterocycles. The number of likely N-dealkylation sites (tertiary alicyclic amines) is 1.